The molecule has 0 saturated carbocycles. The summed E-state index contributed by atoms with van der Waals surface area (Å²) >= 11 is 6.08. The summed E-state index contributed by atoms with van der Waals surface area (Å²) in [5, 5.41) is 2.22. The lowest BCUT2D eigenvalue weighted by atomic mass is 10.0. The highest BCUT2D eigenvalue weighted by Crippen LogP contribution is 2.30. The first-order valence-corrected chi connectivity index (χ1v) is 15.2. The van der Waals surface area contributed by atoms with Gasteiger partial charge in [-0.25, -0.2) is 14.8 Å². The molecule has 1 N–H and O–H groups in total. The molecule has 0 atom stereocenters. The first kappa shape index (κ1) is 28.8. The van der Waals surface area contributed by atoms with Gasteiger partial charge in [-0.3, -0.25) is 0 Å². The van der Waals surface area contributed by atoms with E-state index in [9.17, 15) is 4.79 Å². The summed E-state index contributed by atoms with van der Waals surface area (Å²) in [5.41, 5.74) is 9.56. The molecule has 8 aromatic rings. The van der Waals surface area contributed by atoms with E-state index in [1.165, 1.54) is 16.7 Å². The average molecular weight is 615 g/mol. The molecule has 0 aliphatic heterocycles. The van der Waals surface area contributed by atoms with E-state index < -0.39 is 0 Å². The van der Waals surface area contributed by atoms with Crippen LogP contribution in [0.1, 0.15) is 0 Å². The van der Waals surface area contributed by atoms with Crippen molar-refractivity contribution in [1.82, 2.24) is 19.9 Å². The number of para-hydroxylation sites is 2. The third-order valence-corrected chi connectivity index (χ3v) is 7.91. The van der Waals surface area contributed by atoms with Gasteiger partial charge in [0.25, 0.3) is 0 Å². The first-order chi connectivity index (χ1) is 22.6. The molecular formula is C40H27ClN4O. The van der Waals surface area contributed by atoms with Crippen LogP contribution in [0.3, 0.4) is 0 Å². The zero-order valence-corrected chi connectivity index (χ0v) is 25.4. The second-order valence-corrected chi connectivity index (χ2v) is 11.0. The van der Waals surface area contributed by atoms with Gasteiger partial charge in [-0.2, -0.15) is 4.98 Å². The molecule has 0 saturated heterocycles. The summed E-state index contributed by atoms with van der Waals surface area (Å²) in [4.78, 5) is 27.4. The summed E-state index contributed by atoms with van der Waals surface area (Å²) in [5.74, 6) is 0. The predicted octanol–water partition coefficient (Wildman–Crippen LogP) is 9.87. The van der Waals surface area contributed by atoms with E-state index in [1.807, 2.05) is 97.1 Å². The Kier molecular flexibility index (Phi) is 8.14. The van der Waals surface area contributed by atoms with Crippen molar-refractivity contribution in [2.45, 2.75) is 0 Å². The number of rotatable bonds is 4. The summed E-state index contributed by atoms with van der Waals surface area (Å²) in [7, 11) is 0. The Morgan fingerprint density at radius 1 is 0.413 bits per heavy atom. The van der Waals surface area contributed by atoms with Gasteiger partial charge in [0.15, 0.2) is 0 Å². The SMILES string of the molecule is Clc1nc(-c2ccc(-c3ccccc3)cc2)c2ccccc2n1.O=c1nc(-c2ccc(-c3ccccc3)cc2)c2ccccc2[nH]1. The second-order valence-electron chi connectivity index (χ2n) is 10.7. The minimum atomic E-state index is -0.328. The Hall–Kier alpha value is -5.91. The van der Waals surface area contributed by atoms with Crippen LogP contribution in [-0.2, 0) is 0 Å². The van der Waals surface area contributed by atoms with Gasteiger partial charge in [0.1, 0.15) is 0 Å². The molecule has 0 spiro atoms. The number of hydrogen-bond acceptors (Lipinski definition) is 4. The fourth-order valence-corrected chi connectivity index (χ4v) is 5.67. The third-order valence-electron chi connectivity index (χ3n) is 7.74. The van der Waals surface area contributed by atoms with E-state index in [0.29, 0.717) is 5.69 Å². The average Bonchev–Trinajstić information content (AvgIpc) is 3.12. The lowest BCUT2D eigenvalue weighted by Gasteiger charge is -2.07. The topological polar surface area (TPSA) is 71.5 Å². The van der Waals surface area contributed by atoms with Gasteiger partial charge in [-0.15, -0.1) is 0 Å². The molecule has 0 fully saturated rings. The minimum absolute atomic E-state index is 0.269. The Labute approximate surface area is 270 Å². The van der Waals surface area contributed by atoms with Crippen molar-refractivity contribution >= 4 is 33.4 Å². The number of aromatic nitrogens is 4. The van der Waals surface area contributed by atoms with Crippen LogP contribution in [0.4, 0.5) is 0 Å². The van der Waals surface area contributed by atoms with Crippen LogP contribution < -0.4 is 5.69 Å². The normalized spacial score (nSPS) is 10.8. The van der Waals surface area contributed by atoms with Gasteiger partial charge < -0.3 is 4.98 Å². The molecule has 0 aliphatic rings. The molecule has 6 aromatic carbocycles. The molecule has 5 nitrogen and oxygen atoms in total. The van der Waals surface area contributed by atoms with Crippen LogP contribution in [-0.4, -0.2) is 19.9 Å². The monoisotopic (exact) mass is 614 g/mol. The molecule has 2 aromatic heterocycles. The minimum Gasteiger partial charge on any atom is -0.305 e. The number of nitrogens with zero attached hydrogens (tertiary/aromatic N) is 3. The molecule has 220 valence electrons. The van der Waals surface area contributed by atoms with Crippen molar-refractivity contribution in [2.75, 3.05) is 0 Å². The summed E-state index contributed by atoms with van der Waals surface area (Å²) < 4.78 is 0. The van der Waals surface area contributed by atoms with Gasteiger partial charge in [0.2, 0.25) is 5.28 Å². The van der Waals surface area contributed by atoms with Crippen molar-refractivity contribution in [2.24, 2.45) is 0 Å². The lowest BCUT2D eigenvalue weighted by Crippen LogP contribution is -2.11. The summed E-state index contributed by atoms with van der Waals surface area (Å²) in [6.45, 7) is 0. The molecule has 8 rings (SSSR count). The van der Waals surface area contributed by atoms with Gasteiger partial charge in [-0.05, 0) is 46.0 Å². The van der Waals surface area contributed by atoms with Gasteiger partial charge in [0, 0.05) is 21.9 Å². The standard InChI is InChI=1S/C20H13ClN2.C20H14N2O/c21-20-22-18-9-5-4-8-17(18)19(23-20)16-12-10-15(11-13-16)14-6-2-1-3-7-14;23-20-21-18-9-5-4-8-17(18)19(22-20)16-12-10-15(11-13-16)14-6-2-1-3-7-14/h1-13H;1-13H,(H,21,22,23). The van der Waals surface area contributed by atoms with Crippen molar-refractivity contribution in [1.29, 1.82) is 0 Å². The summed E-state index contributed by atoms with van der Waals surface area (Å²) in [6, 6.07) is 52.6. The Bertz CT molecular complexity index is 2320. The number of fused-ring (bicyclic) bond motifs is 2. The lowest BCUT2D eigenvalue weighted by molar-refractivity contribution is 1.12. The number of nitrogens with one attached hydrogen (secondary N) is 1. The third kappa shape index (κ3) is 6.18. The Balaban J connectivity index is 0.000000147. The smallest absolute Gasteiger partial charge is 0.305 e. The highest BCUT2D eigenvalue weighted by atomic mass is 35.5. The van der Waals surface area contributed by atoms with Gasteiger partial charge in [0.05, 0.1) is 22.4 Å². The first-order valence-electron chi connectivity index (χ1n) is 14.9. The maximum atomic E-state index is 11.8. The van der Waals surface area contributed by atoms with E-state index in [1.54, 1.807) is 0 Å². The van der Waals surface area contributed by atoms with E-state index in [0.717, 1.165) is 44.2 Å². The van der Waals surface area contributed by atoms with Crippen LogP contribution in [0, 0.1) is 0 Å². The number of halogens is 1. The van der Waals surface area contributed by atoms with Crippen molar-refractivity contribution < 1.29 is 0 Å². The molecule has 0 radical (unpaired) electrons. The van der Waals surface area contributed by atoms with Crippen LogP contribution in [0.5, 0.6) is 0 Å². The highest BCUT2D eigenvalue weighted by molar-refractivity contribution is 6.28. The maximum Gasteiger partial charge on any atom is 0.345 e. The van der Waals surface area contributed by atoms with Crippen molar-refractivity contribution in [3.05, 3.63) is 173 Å². The second kappa shape index (κ2) is 13.0. The number of H-pyrrole nitrogens is 1. The summed E-state index contributed by atoms with van der Waals surface area (Å²) in [6.07, 6.45) is 0. The number of hydrogen-bond donors (Lipinski definition) is 1. The molecular weight excluding hydrogens is 588 g/mol. The Morgan fingerprint density at radius 3 is 1.43 bits per heavy atom. The fourth-order valence-electron chi connectivity index (χ4n) is 5.49. The molecule has 2 heterocycles. The highest BCUT2D eigenvalue weighted by Gasteiger charge is 2.10. The molecule has 0 unspecified atom stereocenters. The molecule has 6 heteroatoms. The molecule has 46 heavy (non-hydrogen) atoms. The van der Waals surface area contributed by atoms with Crippen molar-refractivity contribution in [3.8, 4) is 44.8 Å². The molecule has 0 amide bonds. The number of aromatic amines is 1. The van der Waals surface area contributed by atoms with Crippen LogP contribution in [0.2, 0.25) is 5.28 Å². The van der Waals surface area contributed by atoms with E-state index >= 15 is 0 Å². The van der Waals surface area contributed by atoms with E-state index in [4.69, 9.17) is 11.6 Å². The van der Waals surface area contributed by atoms with Crippen LogP contribution in [0.25, 0.3) is 66.6 Å². The Morgan fingerprint density at radius 2 is 0.848 bits per heavy atom. The van der Waals surface area contributed by atoms with E-state index in [-0.39, 0.29) is 11.0 Å². The number of benzene rings is 6. The zero-order chi connectivity index (χ0) is 31.3. The largest absolute Gasteiger partial charge is 0.345 e. The quantitative estimate of drug-likeness (QED) is 0.200. The van der Waals surface area contributed by atoms with Crippen LogP contribution in [0.15, 0.2) is 163 Å². The van der Waals surface area contributed by atoms with Crippen molar-refractivity contribution in [3.63, 3.8) is 0 Å². The molecule has 0 aliphatic carbocycles. The predicted molar refractivity (Wildman–Crippen MR) is 189 cm³/mol. The van der Waals surface area contributed by atoms with Crippen LogP contribution >= 0.6 is 11.6 Å². The van der Waals surface area contributed by atoms with E-state index in [2.05, 4.69) is 80.6 Å². The fraction of sp³-hybridized carbons (Fsp3) is 0. The zero-order valence-electron chi connectivity index (χ0n) is 24.6. The molecule has 0 bridgehead atoms. The van der Waals surface area contributed by atoms with Gasteiger partial charge >= 0.3 is 5.69 Å². The maximum absolute atomic E-state index is 11.8. The van der Waals surface area contributed by atoms with Gasteiger partial charge in [-0.1, -0.05) is 146 Å².